The summed E-state index contributed by atoms with van der Waals surface area (Å²) in [5.74, 6) is 0. The van der Waals surface area contributed by atoms with E-state index in [1.807, 2.05) is 0 Å². The maximum absolute atomic E-state index is 10.2. The van der Waals surface area contributed by atoms with Gasteiger partial charge in [-0.25, -0.2) is 10.0 Å². The van der Waals surface area contributed by atoms with Crippen LogP contribution in [0.15, 0.2) is 41.3 Å². The molecule has 2 aromatic rings. The zero-order valence-corrected chi connectivity index (χ0v) is 21.2. The first-order chi connectivity index (χ1) is 14.8. The highest BCUT2D eigenvalue weighted by Gasteiger charge is 2.22. The van der Waals surface area contributed by atoms with Crippen LogP contribution in [0.4, 0.5) is 0 Å². The molecule has 0 saturated heterocycles. The molecule has 0 unspecified atom stereocenters. The Morgan fingerprint density at radius 3 is 1.55 bits per heavy atom. The molecule has 2 rings (SSSR count). The van der Waals surface area contributed by atoms with Crippen molar-refractivity contribution < 1.29 is 10.0 Å². The zero-order valence-electron chi connectivity index (χ0n) is 20.4. The van der Waals surface area contributed by atoms with Crippen LogP contribution < -0.4 is 5.46 Å². The lowest BCUT2D eigenvalue weighted by molar-refractivity contribution is 0.424. The Bertz CT molecular complexity index is 761. The molecule has 0 fully saturated rings. The molecule has 0 spiro atoms. The van der Waals surface area contributed by atoms with Gasteiger partial charge in [0.05, 0.1) is 0 Å². The molecule has 0 aromatic heterocycles. The van der Waals surface area contributed by atoms with Crippen molar-refractivity contribution in [3.63, 3.8) is 0 Å². The van der Waals surface area contributed by atoms with Crippen molar-refractivity contribution in [1.29, 1.82) is 0 Å². The summed E-state index contributed by atoms with van der Waals surface area (Å²) in [7, 11) is -2.14. The van der Waals surface area contributed by atoms with E-state index in [0.717, 1.165) is 42.3 Å². The quantitative estimate of drug-likeness (QED) is 0.281. The zero-order chi connectivity index (χ0) is 22.9. The van der Waals surface area contributed by atoms with Crippen molar-refractivity contribution in [2.45, 2.75) is 83.0 Å². The van der Waals surface area contributed by atoms with Gasteiger partial charge in [-0.3, -0.25) is 0 Å². The fraction of sp³-hybridized carbons (Fsp3) is 0.556. The van der Waals surface area contributed by atoms with Gasteiger partial charge in [0, 0.05) is 0 Å². The third kappa shape index (κ3) is 8.00. The Hall–Kier alpha value is -1.23. The summed E-state index contributed by atoms with van der Waals surface area (Å²) in [5.41, 5.74) is 5.40. The molecular weight excluding hydrogens is 399 g/mol. The highest BCUT2D eigenvalue weighted by atomic mass is 32.3. The first-order valence-corrected chi connectivity index (χ1v) is 14.9. The van der Waals surface area contributed by atoms with Gasteiger partial charge in [-0.05, 0) is 89.2 Å². The number of benzene rings is 2. The minimum absolute atomic E-state index is 0.737. The molecule has 0 saturated carbocycles. The molecule has 0 aliphatic heterocycles. The second-order valence-electron chi connectivity index (χ2n) is 9.56. The molecule has 4 heteroatoms. The van der Waals surface area contributed by atoms with Crippen molar-refractivity contribution in [2.75, 3.05) is 18.8 Å². The highest BCUT2D eigenvalue weighted by Crippen LogP contribution is 2.45. The van der Waals surface area contributed by atoms with E-state index in [9.17, 15) is 10.0 Å². The molecule has 0 atom stereocenters. The fourth-order valence-electron chi connectivity index (χ4n) is 4.23. The molecule has 0 aliphatic rings. The van der Waals surface area contributed by atoms with E-state index >= 15 is 0 Å². The second kappa shape index (κ2) is 12.7. The smallest absolute Gasteiger partial charge is 0.423 e. The van der Waals surface area contributed by atoms with Crippen LogP contribution in [0, 0.1) is 0 Å². The van der Waals surface area contributed by atoms with E-state index in [2.05, 4.69) is 69.0 Å². The monoisotopic (exact) mass is 442 g/mol. The average molecular weight is 443 g/mol. The first-order valence-electron chi connectivity index (χ1n) is 12.1. The van der Waals surface area contributed by atoms with Crippen LogP contribution in [0.25, 0.3) is 11.1 Å². The summed E-state index contributed by atoms with van der Waals surface area (Å²) in [6, 6.07) is 13.4. The Labute approximate surface area is 193 Å². The molecule has 172 valence electrons. The second-order valence-corrected chi connectivity index (χ2v) is 13.7. The third-order valence-electron chi connectivity index (χ3n) is 6.10. The van der Waals surface area contributed by atoms with Gasteiger partial charge in [-0.1, -0.05) is 76.6 Å². The lowest BCUT2D eigenvalue weighted by Crippen LogP contribution is -2.36. The van der Waals surface area contributed by atoms with E-state index in [0.29, 0.717) is 0 Å². The minimum Gasteiger partial charge on any atom is -0.423 e. The van der Waals surface area contributed by atoms with Crippen molar-refractivity contribution in [2.24, 2.45) is 0 Å². The van der Waals surface area contributed by atoms with E-state index in [4.69, 9.17) is 0 Å². The topological polar surface area (TPSA) is 40.5 Å². The van der Waals surface area contributed by atoms with Gasteiger partial charge in [0.25, 0.3) is 0 Å². The van der Waals surface area contributed by atoms with Crippen molar-refractivity contribution in [3.05, 3.63) is 47.5 Å². The summed E-state index contributed by atoms with van der Waals surface area (Å²) in [6.45, 7) is 4.45. The predicted octanol–water partition coefficient (Wildman–Crippen LogP) is 6.33. The molecule has 0 bridgehead atoms. The number of unbranched alkanes of at least 4 members (excludes halogenated alkanes) is 6. The standard InChI is InChI=1S/C27H43BO2S/c1-6-8-10-12-14-23-20-25(22-16-18-26(19-17-22)31(3,4)5)21-24(27(23)28(29)30)15-13-11-9-7-2/h16-21,29-30H,6-15H2,1-5H3. The molecule has 0 amide bonds. The number of aryl methyl sites for hydroxylation is 2. The molecule has 2 N–H and O–H groups in total. The summed E-state index contributed by atoms with van der Waals surface area (Å²) >= 11 is 0. The molecule has 0 heterocycles. The Balaban J connectivity index is 2.41. The SMILES string of the molecule is CCCCCCc1cc(-c2ccc(S(C)(C)C)cc2)cc(CCCCCC)c1B(O)O. The van der Waals surface area contributed by atoms with Gasteiger partial charge < -0.3 is 10.0 Å². The third-order valence-corrected chi connectivity index (χ3v) is 7.79. The van der Waals surface area contributed by atoms with Crippen LogP contribution in [0.3, 0.4) is 0 Å². The van der Waals surface area contributed by atoms with Gasteiger partial charge in [-0.2, -0.15) is 0 Å². The van der Waals surface area contributed by atoms with Crippen molar-refractivity contribution >= 4 is 22.6 Å². The van der Waals surface area contributed by atoms with Gasteiger partial charge >= 0.3 is 7.12 Å². The lowest BCUT2D eigenvalue weighted by atomic mass is 9.71. The first kappa shape index (κ1) is 26.0. The van der Waals surface area contributed by atoms with E-state index in [-0.39, 0.29) is 0 Å². The van der Waals surface area contributed by atoms with Gasteiger partial charge in [0.1, 0.15) is 0 Å². The molecule has 0 aliphatic carbocycles. The van der Waals surface area contributed by atoms with Crippen LogP contribution in [0.2, 0.25) is 0 Å². The van der Waals surface area contributed by atoms with E-state index in [1.54, 1.807) is 0 Å². The highest BCUT2D eigenvalue weighted by molar-refractivity contribution is 8.32. The molecule has 0 radical (unpaired) electrons. The Morgan fingerprint density at radius 2 is 1.16 bits per heavy atom. The maximum Gasteiger partial charge on any atom is 0.488 e. The summed E-state index contributed by atoms with van der Waals surface area (Å²) in [5, 5.41) is 20.5. The Kier molecular flexibility index (Phi) is 10.7. The average Bonchev–Trinajstić information content (AvgIpc) is 2.73. The minimum atomic E-state index is -1.40. The van der Waals surface area contributed by atoms with E-state index in [1.165, 1.54) is 54.5 Å². The van der Waals surface area contributed by atoms with Gasteiger partial charge in [-0.15, -0.1) is 0 Å². The van der Waals surface area contributed by atoms with Crippen LogP contribution in [-0.2, 0) is 12.8 Å². The summed E-state index contributed by atoms with van der Waals surface area (Å²) in [6.07, 6.45) is 18.2. The Morgan fingerprint density at radius 1 is 0.677 bits per heavy atom. The summed E-state index contributed by atoms with van der Waals surface area (Å²) in [4.78, 5) is 1.42. The van der Waals surface area contributed by atoms with Crippen LogP contribution >= 0.6 is 10.0 Å². The molecule has 2 nitrogen and oxygen atoms in total. The molecular formula is C27H43BO2S. The molecule has 2 aromatic carbocycles. The van der Waals surface area contributed by atoms with Crippen molar-refractivity contribution in [3.8, 4) is 11.1 Å². The van der Waals surface area contributed by atoms with Crippen LogP contribution in [0.1, 0.15) is 76.3 Å². The predicted molar refractivity (Wildman–Crippen MR) is 141 cm³/mol. The fourth-order valence-corrected chi connectivity index (χ4v) is 5.18. The number of hydrogen-bond donors (Lipinski definition) is 2. The normalized spacial score (nSPS) is 12.2. The molecule has 31 heavy (non-hydrogen) atoms. The van der Waals surface area contributed by atoms with Crippen molar-refractivity contribution in [1.82, 2.24) is 0 Å². The number of rotatable bonds is 13. The van der Waals surface area contributed by atoms with Gasteiger partial charge in [0.2, 0.25) is 0 Å². The maximum atomic E-state index is 10.2. The number of hydrogen-bond acceptors (Lipinski definition) is 2. The van der Waals surface area contributed by atoms with E-state index < -0.39 is 17.1 Å². The van der Waals surface area contributed by atoms with Crippen LogP contribution in [-0.4, -0.2) is 35.9 Å². The summed E-state index contributed by atoms with van der Waals surface area (Å²) < 4.78 is 0. The van der Waals surface area contributed by atoms with Gasteiger partial charge in [0.15, 0.2) is 0 Å². The largest absolute Gasteiger partial charge is 0.488 e. The lowest BCUT2D eigenvalue weighted by Gasteiger charge is -2.26. The van der Waals surface area contributed by atoms with Crippen LogP contribution in [0.5, 0.6) is 0 Å².